The summed E-state index contributed by atoms with van der Waals surface area (Å²) < 4.78 is 18.4. The zero-order valence-corrected chi connectivity index (χ0v) is 17.8. The van der Waals surface area contributed by atoms with Crippen LogP contribution in [-0.4, -0.2) is 30.9 Å². The van der Waals surface area contributed by atoms with Crippen molar-refractivity contribution < 1.29 is 18.7 Å². The van der Waals surface area contributed by atoms with Gasteiger partial charge in [-0.15, -0.1) is 0 Å². The Morgan fingerprint density at radius 1 is 1.10 bits per heavy atom. The van der Waals surface area contributed by atoms with Crippen molar-refractivity contribution in [3.05, 3.63) is 94.0 Å². The van der Waals surface area contributed by atoms with Gasteiger partial charge in [0.05, 0.1) is 30.1 Å². The highest BCUT2D eigenvalue weighted by Crippen LogP contribution is 2.51. The topological polar surface area (TPSA) is 59.5 Å². The van der Waals surface area contributed by atoms with Gasteiger partial charge in [-0.2, -0.15) is 0 Å². The molecule has 3 aromatic rings. The van der Waals surface area contributed by atoms with E-state index in [0.29, 0.717) is 5.02 Å². The van der Waals surface area contributed by atoms with Crippen molar-refractivity contribution in [2.75, 3.05) is 19.1 Å². The van der Waals surface area contributed by atoms with E-state index in [1.165, 1.54) is 17.7 Å². The second kappa shape index (κ2) is 8.12. The molecule has 0 bridgehead atoms. The lowest BCUT2D eigenvalue weighted by Gasteiger charge is -2.30. The molecule has 0 radical (unpaired) electrons. The lowest BCUT2D eigenvalue weighted by Crippen LogP contribution is -2.31. The highest BCUT2D eigenvalue weighted by Gasteiger charge is 2.48. The number of ketones is 1. The van der Waals surface area contributed by atoms with Gasteiger partial charge in [-0.3, -0.25) is 9.78 Å². The summed E-state index contributed by atoms with van der Waals surface area (Å²) in [7, 11) is 3.16. The molecule has 1 heterocycles. The van der Waals surface area contributed by atoms with Gasteiger partial charge in [-0.25, -0.2) is 9.18 Å². The molecule has 1 aliphatic carbocycles. The Labute approximate surface area is 184 Å². The molecule has 0 N–H and O–H groups in total. The first-order valence-corrected chi connectivity index (χ1v) is 10.1. The molecule has 31 heavy (non-hydrogen) atoms. The maximum absolute atomic E-state index is 13.9. The van der Waals surface area contributed by atoms with Crippen LogP contribution in [-0.2, 0) is 10.3 Å². The van der Waals surface area contributed by atoms with E-state index in [0.717, 1.165) is 31.7 Å². The van der Waals surface area contributed by atoms with E-state index < -0.39 is 17.6 Å². The van der Waals surface area contributed by atoms with Gasteiger partial charge in [0.1, 0.15) is 11.5 Å². The van der Waals surface area contributed by atoms with Crippen LogP contribution in [0.15, 0.2) is 60.8 Å². The summed E-state index contributed by atoms with van der Waals surface area (Å²) in [5, 5.41) is 0.697. The Balaban J connectivity index is 1.56. The molecule has 5 nitrogen and oxygen atoms in total. The van der Waals surface area contributed by atoms with Gasteiger partial charge in [0, 0.05) is 17.6 Å². The first kappa shape index (κ1) is 21.0. The molecule has 1 fully saturated rings. The molecule has 0 saturated heterocycles. The number of hydrogen-bond donors (Lipinski definition) is 0. The number of carbonyl (C=O) groups is 2. The quantitative estimate of drug-likeness (QED) is 0.399. The summed E-state index contributed by atoms with van der Waals surface area (Å²) in [6.45, 7) is 0. The third-order valence-corrected chi connectivity index (χ3v) is 6.00. The normalized spacial score (nSPS) is 14.1. The molecule has 0 amide bonds. The lowest BCUT2D eigenvalue weighted by atomic mass is 10.0. The van der Waals surface area contributed by atoms with Crippen molar-refractivity contribution >= 4 is 29.0 Å². The zero-order chi connectivity index (χ0) is 22.2. The van der Waals surface area contributed by atoms with E-state index >= 15 is 0 Å². The Hall–Kier alpha value is -3.25. The first-order chi connectivity index (χ1) is 14.9. The van der Waals surface area contributed by atoms with Crippen LogP contribution >= 0.6 is 11.6 Å². The van der Waals surface area contributed by atoms with Crippen molar-refractivity contribution in [3.63, 3.8) is 0 Å². The predicted octanol–water partition coefficient (Wildman–Crippen LogP) is 5.02. The number of benzene rings is 2. The van der Waals surface area contributed by atoms with Gasteiger partial charge in [0.15, 0.2) is 0 Å². The molecule has 0 spiro atoms. The first-order valence-electron chi connectivity index (χ1n) is 9.74. The molecule has 1 aromatic heterocycles. The standard InChI is InChI=1S/C24H20ClFN2O3/c1-28(24(11-12-24)16-4-6-17(25)7-5-16)18-8-10-21(27-14-18)22(29)15-3-9-20(26)19(13-15)23(30)31-2/h3-10,13-14H,11-12H2,1-2H3. The van der Waals surface area contributed by atoms with Crippen molar-refractivity contribution in [2.45, 2.75) is 18.4 Å². The van der Waals surface area contributed by atoms with Crippen molar-refractivity contribution in [1.82, 2.24) is 4.98 Å². The van der Waals surface area contributed by atoms with Gasteiger partial charge < -0.3 is 9.64 Å². The lowest BCUT2D eigenvalue weighted by molar-refractivity contribution is 0.0595. The summed E-state index contributed by atoms with van der Waals surface area (Å²) in [6, 6.07) is 14.9. The largest absolute Gasteiger partial charge is 0.465 e. The van der Waals surface area contributed by atoms with E-state index in [9.17, 15) is 14.0 Å². The number of halogens is 2. The summed E-state index contributed by atoms with van der Waals surface area (Å²) in [5.41, 5.74) is 2.03. The summed E-state index contributed by atoms with van der Waals surface area (Å²) in [4.78, 5) is 31.0. The molecule has 4 rings (SSSR count). The molecular formula is C24H20ClFN2O3. The third kappa shape index (κ3) is 3.91. The molecule has 1 saturated carbocycles. The van der Waals surface area contributed by atoms with E-state index in [1.54, 1.807) is 12.3 Å². The van der Waals surface area contributed by atoms with E-state index in [4.69, 9.17) is 11.6 Å². The molecule has 0 aliphatic heterocycles. The Kier molecular flexibility index (Phi) is 5.50. The van der Waals surface area contributed by atoms with Crippen LogP contribution in [0.2, 0.25) is 5.02 Å². The number of methoxy groups -OCH3 is 1. The van der Waals surface area contributed by atoms with Crippen molar-refractivity contribution in [3.8, 4) is 0 Å². The fraction of sp³-hybridized carbons (Fsp3) is 0.208. The highest BCUT2D eigenvalue weighted by molar-refractivity contribution is 6.30. The number of ether oxygens (including phenoxy) is 1. The fourth-order valence-electron chi connectivity index (χ4n) is 3.74. The van der Waals surface area contributed by atoms with Gasteiger partial charge in [0.25, 0.3) is 0 Å². The van der Waals surface area contributed by atoms with Crippen LogP contribution in [0.5, 0.6) is 0 Å². The van der Waals surface area contributed by atoms with Crippen molar-refractivity contribution in [1.29, 1.82) is 0 Å². The second-order valence-corrected chi connectivity index (χ2v) is 7.95. The number of pyridine rings is 1. The second-order valence-electron chi connectivity index (χ2n) is 7.51. The molecule has 158 valence electrons. The van der Waals surface area contributed by atoms with Gasteiger partial charge in [-0.05, 0) is 60.9 Å². The van der Waals surface area contributed by atoms with E-state index in [1.807, 2.05) is 37.4 Å². The van der Waals surface area contributed by atoms with E-state index in [-0.39, 0.29) is 22.4 Å². The SMILES string of the molecule is COC(=O)c1cc(C(=O)c2ccc(N(C)C3(c4ccc(Cl)cc4)CC3)cn2)ccc1F. The minimum absolute atomic E-state index is 0.107. The maximum Gasteiger partial charge on any atom is 0.340 e. The summed E-state index contributed by atoms with van der Waals surface area (Å²) >= 11 is 6.02. The van der Waals surface area contributed by atoms with Gasteiger partial charge in [0.2, 0.25) is 5.78 Å². The van der Waals surface area contributed by atoms with E-state index in [2.05, 4.69) is 14.6 Å². The van der Waals surface area contributed by atoms with Gasteiger partial charge >= 0.3 is 5.97 Å². The van der Waals surface area contributed by atoms with Crippen LogP contribution < -0.4 is 4.90 Å². The number of aromatic nitrogens is 1. The Morgan fingerprint density at radius 3 is 2.39 bits per heavy atom. The molecule has 7 heteroatoms. The number of nitrogens with zero attached hydrogens (tertiary/aromatic N) is 2. The number of carbonyl (C=O) groups excluding carboxylic acids is 2. The van der Waals surface area contributed by atoms with Crippen LogP contribution in [0.3, 0.4) is 0 Å². The Morgan fingerprint density at radius 2 is 1.81 bits per heavy atom. The monoisotopic (exact) mass is 438 g/mol. The fourth-order valence-corrected chi connectivity index (χ4v) is 3.87. The number of rotatable bonds is 6. The van der Waals surface area contributed by atoms with Crippen LogP contribution in [0, 0.1) is 5.82 Å². The average molecular weight is 439 g/mol. The average Bonchev–Trinajstić information content (AvgIpc) is 3.60. The zero-order valence-electron chi connectivity index (χ0n) is 17.1. The maximum atomic E-state index is 13.9. The molecule has 0 atom stereocenters. The summed E-state index contributed by atoms with van der Waals surface area (Å²) in [6.07, 6.45) is 3.67. The Bertz CT molecular complexity index is 1140. The van der Waals surface area contributed by atoms with Crippen LogP contribution in [0.4, 0.5) is 10.1 Å². The smallest absolute Gasteiger partial charge is 0.340 e. The number of hydrogen-bond acceptors (Lipinski definition) is 5. The third-order valence-electron chi connectivity index (χ3n) is 5.75. The molecule has 0 unspecified atom stereocenters. The van der Waals surface area contributed by atoms with Crippen LogP contribution in [0.25, 0.3) is 0 Å². The number of esters is 1. The van der Waals surface area contributed by atoms with Crippen molar-refractivity contribution in [2.24, 2.45) is 0 Å². The molecule has 2 aromatic carbocycles. The molecule has 1 aliphatic rings. The minimum Gasteiger partial charge on any atom is -0.465 e. The number of anilines is 1. The predicted molar refractivity (Wildman–Crippen MR) is 116 cm³/mol. The highest BCUT2D eigenvalue weighted by atomic mass is 35.5. The summed E-state index contributed by atoms with van der Waals surface area (Å²) in [5.74, 6) is -1.99. The minimum atomic E-state index is -0.839. The molecular weight excluding hydrogens is 419 g/mol. The van der Waals surface area contributed by atoms with Crippen LogP contribution in [0.1, 0.15) is 44.8 Å². The van der Waals surface area contributed by atoms with Gasteiger partial charge in [-0.1, -0.05) is 23.7 Å².